The maximum Gasteiger partial charge on any atom is 0.00922 e. The Morgan fingerprint density at radius 1 is 0.652 bits per heavy atom. The van der Waals surface area contributed by atoms with Gasteiger partial charge in [-0.25, -0.2) is 0 Å². The molecule has 0 N–H and O–H groups in total. The number of nitrogens with zero attached hydrogens (tertiary/aromatic N) is 1. The Morgan fingerprint density at radius 2 is 1.09 bits per heavy atom. The Balaban J connectivity index is 1.53. The van der Waals surface area contributed by atoms with Gasteiger partial charge in [0, 0.05) is 6.04 Å². The highest BCUT2D eigenvalue weighted by Crippen LogP contribution is 2.41. The monoisotopic (exact) mass is 319 g/mol. The van der Waals surface area contributed by atoms with Crippen molar-refractivity contribution in [3.63, 3.8) is 0 Å². The van der Waals surface area contributed by atoms with E-state index in [0.717, 1.165) is 23.8 Å². The lowest BCUT2D eigenvalue weighted by molar-refractivity contribution is 0.107. The first-order valence-corrected chi connectivity index (χ1v) is 11.0. The maximum absolute atomic E-state index is 2.75. The highest BCUT2D eigenvalue weighted by atomic mass is 15.1. The van der Waals surface area contributed by atoms with Crippen LogP contribution in [0.1, 0.15) is 103 Å². The molecule has 3 rings (SSSR count). The SMILES string of the molecule is CN(CCC(C1CCCCC1)C1CCCCC1)C1CCCCC1. The molecule has 0 bridgehead atoms. The third-order valence-corrected chi connectivity index (χ3v) is 7.52. The molecule has 3 saturated carbocycles. The summed E-state index contributed by atoms with van der Waals surface area (Å²) < 4.78 is 0. The highest BCUT2D eigenvalue weighted by Gasteiger charge is 2.31. The fourth-order valence-corrected chi connectivity index (χ4v) is 6.04. The van der Waals surface area contributed by atoms with Gasteiger partial charge < -0.3 is 4.90 Å². The molecule has 1 nitrogen and oxygen atoms in total. The average molecular weight is 320 g/mol. The molecule has 3 fully saturated rings. The quantitative estimate of drug-likeness (QED) is 0.546. The molecule has 0 atom stereocenters. The molecule has 0 saturated heterocycles. The summed E-state index contributed by atoms with van der Waals surface area (Å²) in [6.45, 7) is 1.38. The predicted molar refractivity (Wildman–Crippen MR) is 101 cm³/mol. The van der Waals surface area contributed by atoms with Crippen molar-refractivity contribution < 1.29 is 0 Å². The largest absolute Gasteiger partial charge is 0.303 e. The first kappa shape index (κ1) is 17.8. The molecular weight excluding hydrogens is 278 g/mol. The van der Waals surface area contributed by atoms with Gasteiger partial charge in [-0.05, 0) is 50.6 Å². The number of hydrogen-bond acceptors (Lipinski definition) is 1. The molecule has 0 amide bonds. The normalized spacial score (nSPS) is 26.2. The lowest BCUT2D eigenvalue weighted by atomic mass is 9.68. The van der Waals surface area contributed by atoms with E-state index in [9.17, 15) is 0 Å². The van der Waals surface area contributed by atoms with Crippen LogP contribution in [-0.2, 0) is 0 Å². The van der Waals surface area contributed by atoms with Crippen molar-refractivity contribution in [2.75, 3.05) is 13.6 Å². The fourth-order valence-electron chi connectivity index (χ4n) is 6.04. The Morgan fingerprint density at radius 3 is 1.57 bits per heavy atom. The molecule has 0 aliphatic heterocycles. The molecule has 3 aliphatic rings. The van der Waals surface area contributed by atoms with Gasteiger partial charge in [0.25, 0.3) is 0 Å². The van der Waals surface area contributed by atoms with Gasteiger partial charge >= 0.3 is 0 Å². The predicted octanol–water partition coefficient (Wildman–Crippen LogP) is 6.42. The first-order chi connectivity index (χ1) is 11.3. The summed E-state index contributed by atoms with van der Waals surface area (Å²) in [5.74, 6) is 3.21. The van der Waals surface area contributed by atoms with Crippen LogP contribution in [0.25, 0.3) is 0 Å². The minimum atomic E-state index is 0.905. The van der Waals surface area contributed by atoms with Gasteiger partial charge in [0.1, 0.15) is 0 Å². The molecule has 3 aliphatic carbocycles. The van der Waals surface area contributed by atoms with Crippen molar-refractivity contribution >= 4 is 0 Å². The zero-order valence-corrected chi connectivity index (χ0v) is 15.8. The molecule has 1 heteroatoms. The molecule has 0 spiro atoms. The lowest BCUT2D eigenvalue weighted by Gasteiger charge is -2.40. The highest BCUT2D eigenvalue weighted by molar-refractivity contribution is 4.83. The second-order valence-electron chi connectivity index (χ2n) is 9.02. The van der Waals surface area contributed by atoms with Crippen LogP contribution in [0.2, 0.25) is 0 Å². The van der Waals surface area contributed by atoms with E-state index >= 15 is 0 Å². The Hall–Kier alpha value is -0.0400. The van der Waals surface area contributed by atoms with Crippen LogP contribution in [0.5, 0.6) is 0 Å². The van der Waals surface area contributed by atoms with Crippen molar-refractivity contribution in [1.82, 2.24) is 4.90 Å². The zero-order chi connectivity index (χ0) is 15.9. The van der Waals surface area contributed by atoms with Gasteiger partial charge in [0.2, 0.25) is 0 Å². The Kier molecular flexibility index (Phi) is 7.30. The van der Waals surface area contributed by atoms with Crippen LogP contribution >= 0.6 is 0 Å². The van der Waals surface area contributed by atoms with Gasteiger partial charge in [-0.15, -0.1) is 0 Å². The third-order valence-electron chi connectivity index (χ3n) is 7.52. The maximum atomic E-state index is 2.75. The molecule has 0 aromatic heterocycles. The topological polar surface area (TPSA) is 3.24 Å². The van der Waals surface area contributed by atoms with Gasteiger partial charge in [-0.3, -0.25) is 0 Å². The van der Waals surface area contributed by atoms with E-state index in [1.165, 1.54) is 83.6 Å². The minimum Gasteiger partial charge on any atom is -0.303 e. The fraction of sp³-hybridized carbons (Fsp3) is 1.00. The van der Waals surface area contributed by atoms with Crippen molar-refractivity contribution in [3.05, 3.63) is 0 Å². The van der Waals surface area contributed by atoms with Crippen molar-refractivity contribution in [2.24, 2.45) is 17.8 Å². The van der Waals surface area contributed by atoms with Crippen LogP contribution in [0.4, 0.5) is 0 Å². The van der Waals surface area contributed by atoms with Crippen LogP contribution in [-0.4, -0.2) is 24.5 Å². The second-order valence-corrected chi connectivity index (χ2v) is 9.02. The molecule has 0 unspecified atom stereocenters. The Bertz CT molecular complexity index is 290. The van der Waals surface area contributed by atoms with E-state index in [4.69, 9.17) is 0 Å². The van der Waals surface area contributed by atoms with E-state index in [1.54, 1.807) is 25.7 Å². The average Bonchev–Trinajstić information content (AvgIpc) is 2.64. The summed E-state index contributed by atoms with van der Waals surface area (Å²) in [5, 5.41) is 0. The summed E-state index contributed by atoms with van der Waals surface area (Å²) in [4.78, 5) is 2.75. The molecule has 0 heterocycles. The summed E-state index contributed by atoms with van der Waals surface area (Å²) in [6.07, 6.45) is 24.2. The van der Waals surface area contributed by atoms with Gasteiger partial charge in [-0.1, -0.05) is 83.5 Å². The van der Waals surface area contributed by atoms with E-state index in [-0.39, 0.29) is 0 Å². The first-order valence-electron chi connectivity index (χ1n) is 11.0. The second kappa shape index (κ2) is 9.44. The molecule has 23 heavy (non-hydrogen) atoms. The van der Waals surface area contributed by atoms with Gasteiger partial charge in [0.15, 0.2) is 0 Å². The van der Waals surface area contributed by atoms with Gasteiger partial charge in [-0.2, -0.15) is 0 Å². The summed E-state index contributed by atoms with van der Waals surface area (Å²) in [6, 6.07) is 0.905. The lowest BCUT2D eigenvalue weighted by Crippen LogP contribution is -2.37. The zero-order valence-electron chi connectivity index (χ0n) is 15.8. The number of hydrogen-bond donors (Lipinski definition) is 0. The van der Waals surface area contributed by atoms with Crippen molar-refractivity contribution in [3.8, 4) is 0 Å². The molecule has 0 aromatic rings. The number of rotatable bonds is 6. The summed E-state index contributed by atoms with van der Waals surface area (Å²) in [5.41, 5.74) is 0. The van der Waals surface area contributed by atoms with Gasteiger partial charge in [0.05, 0.1) is 0 Å². The van der Waals surface area contributed by atoms with Crippen molar-refractivity contribution in [2.45, 2.75) is 109 Å². The van der Waals surface area contributed by atoms with E-state index < -0.39 is 0 Å². The van der Waals surface area contributed by atoms with E-state index in [2.05, 4.69) is 11.9 Å². The molecule has 0 aromatic carbocycles. The molecule has 134 valence electrons. The van der Waals surface area contributed by atoms with Crippen LogP contribution in [0.3, 0.4) is 0 Å². The summed E-state index contributed by atoms with van der Waals surface area (Å²) >= 11 is 0. The van der Waals surface area contributed by atoms with Crippen LogP contribution in [0, 0.1) is 17.8 Å². The molecular formula is C22H41N. The third kappa shape index (κ3) is 5.21. The van der Waals surface area contributed by atoms with Crippen molar-refractivity contribution in [1.29, 1.82) is 0 Å². The minimum absolute atomic E-state index is 0.905. The van der Waals surface area contributed by atoms with Crippen LogP contribution < -0.4 is 0 Å². The molecule has 0 radical (unpaired) electrons. The van der Waals surface area contributed by atoms with Crippen LogP contribution in [0.15, 0.2) is 0 Å². The standard InChI is InChI=1S/C22H41N/c1-23(21-15-9-4-10-16-21)18-17-22(19-11-5-2-6-12-19)20-13-7-3-8-14-20/h19-22H,2-18H2,1H3. The van der Waals surface area contributed by atoms with E-state index in [0.29, 0.717) is 0 Å². The van der Waals surface area contributed by atoms with E-state index in [1.807, 2.05) is 0 Å². The Labute approximate surface area is 145 Å². The smallest absolute Gasteiger partial charge is 0.00922 e. The summed E-state index contributed by atoms with van der Waals surface area (Å²) in [7, 11) is 2.43.